The van der Waals surface area contributed by atoms with Crippen molar-refractivity contribution in [3.05, 3.63) is 12.2 Å². The molecule has 1 fully saturated rings. The topological polar surface area (TPSA) is 0 Å². The van der Waals surface area contributed by atoms with Gasteiger partial charge in [-0.25, -0.2) is 0 Å². The zero-order chi connectivity index (χ0) is 18.7. The summed E-state index contributed by atoms with van der Waals surface area (Å²) in [6, 6.07) is 0. The summed E-state index contributed by atoms with van der Waals surface area (Å²) in [6.07, 6.45) is 19.7. The first-order valence-electron chi connectivity index (χ1n) is 11.6. The summed E-state index contributed by atoms with van der Waals surface area (Å²) in [4.78, 5) is 0. The van der Waals surface area contributed by atoms with Gasteiger partial charge in [-0.15, -0.1) is 0 Å². The molecule has 0 N–H and O–H groups in total. The number of rotatable bonds is 11. The minimum atomic E-state index is 0.570. The van der Waals surface area contributed by atoms with Gasteiger partial charge in [-0.1, -0.05) is 98.1 Å². The highest BCUT2D eigenvalue weighted by molar-refractivity contribution is 5.00. The Bertz CT molecular complexity index is 343. The molecule has 148 valence electrons. The van der Waals surface area contributed by atoms with Gasteiger partial charge in [-0.2, -0.15) is 0 Å². The molecule has 1 saturated carbocycles. The van der Waals surface area contributed by atoms with Crippen LogP contribution in [0.5, 0.6) is 0 Å². The summed E-state index contributed by atoms with van der Waals surface area (Å²) in [6.45, 7) is 16.6. The highest BCUT2D eigenvalue weighted by Gasteiger charge is 2.33. The van der Waals surface area contributed by atoms with Gasteiger partial charge >= 0.3 is 0 Å². The number of hydrogen-bond donors (Lipinski definition) is 0. The molecular formula is C25H48. The summed E-state index contributed by atoms with van der Waals surface area (Å²) >= 11 is 0. The lowest BCUT2D eigenvalue weighted by Gasteiger charge is -2.40. The summed E-state index contributed by atoms with van der Waals surface area (Å²) in [5.41, 5.74) is 2.11. The van der Waals surface area contributed by atoms with Crippen LogP contribution in [0.1, 0.15) is 125 Å². The molecule has 25 heavy (non-hydrogen) atoms. The third kappa shape index (κ3) is 8.78. The average molecular weight is 349 g/mol. The van der Waals surface area contributed by atoms with Crippen LogP contribution in [0.15, 0.2) is 12.2 Å². The fraction of sp³-hybridized carbons (Fsp3) is 0.920. The normalized spacial score (nSPS) is 20.7. The van der Waals surface area contributed by atoms with Crippen LogP contribution in [0, 0.1) is 23.2 Å². The summed E-state index contributed by atoms with van der Waals surface area (Å²) < 4.78 is 0. The van der Waals surface area contributed by atoms with E-state index in [1.165, 1.54) is 95.5 Å². The van der Waals surface area contributed by atoms with Crippen LogP contribution >= 0.6 is 0 Å². The average Bonchev–Trinajstić information content (AvgIpc) is 2.55. The standard InChI is InChI=1S/C25H48/c1-7-8-12-15-24(20-22(4)16-17-23(5)21(2)3)25(6)18-13-10-9-11-14-19-25/h21,23-24H,4,7-20H2,1-3,5-6H3. The van der Waals surface area contributed by atoms with Gasteiger partial charge in [0.25, 0.3) is 0 Å². The van der Waals surface area contributed by atoms with E-state index < -0.39 is 0 Å². The Morgan fingerprint density at radius 2 is 1.52 bits per heavy atom. The van der Waals surface area contributed by atoms with Gasteiger partial charge in [0.15, 0.2) is 0 Å². The maximum absolute atomic E-state index is 4.52. The molecule has 2 atom stereocenters. The molecule has 0 aromatic carbocycles. The first-order chi connectivity index (χ1) is 11.9. The molecule has 1 aliphatic carbocycles. The molecule has 1 rings (SSSR count). The van der Waals surface area contributed by atoms with Crippen LogP contribution in [-0.4, -0.2) is 0 Å². The quantitative estimate of drug-likeness (QED) is 0.258. The number of unbranched alkanes of at least 4 members (excludes halogenated alkanes) is 2. The Morgan fingerprint density at radius 3 is 2.08 bits per heavy atom. The summed E-state index contributed by atoms with van der Waals surface area (Å²) in [5, 5.41) is 0. The van der Waals surface area contributed by atoms with Crippen LogP contribution in [0.2, 0.25) is 0 Å². The van der Waals surface area contributed by atoms with Crippen molar-refractivity contribution in [1.82, 2.24) is 0 Å². The minimum Gasteiger partial charge on any atom is -0.0999 e. The summed E-state index contributed by atoms with van der Waals surface area (Å²) in [7, 11) is 0. The van der Waals surface area contributed by atoms with Gasteiger partial charge in [0.2, 0.25) is 0 Å². The van der Waals surface area contributed by atoms with Gasteiger partial charge in [0.1, 0.15) is 0 Å². The number of hydrogen-bond acceptors (Lipinski definition) is 0. The Kier molecular flexibility index (Phi) is 11.1. The molecule has 0 heteroatoms. The molecule has 2 unspecified atom stereocenters. The molecule has 0 radical (unpaired) electrons. The van der Waals surface area contributed by atoms with E-state index in [1.54, 1.807) is 0 Å². The third-order valence-electron chi connectivity index (χ3n) is 7.26. The van der Waals surface area contributed by atoms with E-state index in [0.29, 0.717) is 5.41 Å². The first-order valence-corrected chi connectivity index (χ1v) is 11.6. The fourth-order valence-electron chi connectivity index (χ4n) is 4.67. The molecule has 0 heterocycles. The van der Waals surface area contributed by atoms with Gasteiger partial charge in [0.05, 0.1) is 0 Å². The van der Waals surface area contributed by atoms with Crippen molar-refractivity contribution in [3.8, 4) is 0 Å². The molecule has 0 spiro atoms. The van der Waals surface area contributed by atoms with Crippen molar-refractivity contribution >= 4 is 0 Å². The lowest BCUT2D eigenvalue weighted by Crippen LogP contribution is -2.29. The molecule has 0 saturated heterocycles. The Labute approximate surface area is 160 Å². The second-order valence-corrected chi connectivity index (χ2v) is 9.83. The van der Waals surface area contributed by atoms with Crippen molar-refractivity contribution in [3.63, 3.8) is 0 Å². The van der Waals surface area contributed by atoms with Gasteiger partial charge in [-0.3, -0.25) is 0 Å². The molecular weight excluding hydrogens is 300 g/mol. The van der Waals surface area contributed by atoms with Gasteiger partial charge < -0.3 is 0 Å². The first kappa shape index (κ1) is 22.8. The van der Waals surface area contributed by atoms with Crippen LogP contribution in [0.25, 0.3) is 0 Å². The predicted octanol–water partition coefficient (Wildman–Crippen LogP) is 8.95. The Balaban J connectivity index is 2.65. The van der Waals surface area contributed by atoms with E-state index in [2.05, 4.69) is 41.2 Å². The van der Waals surface area contributed by atoms with Crippen LogP contribution < -0.4 is 0 Å². The minimum absolute atomic E-state index is 0.570. The fourth-order valence-corrected chi connectivity index (χ4v) is 4.67. The second kappa shape index (κ2) is 12.2. The van der Waals surface area contributed by atoms with Crippen LogP contribution in [0.3, 0.4) is 0 Å². The molecule has 0 aromatic rings. The molecule has 0 bridgehead atoms. The second-order valence-electron chi connectivity index (χ2n) is 9.83. The van der Waals surface area contributed by atoms with Gasteiger partial charge in [0, 0.05) is 0 Å². The molecule has 0 aromatic heterocycles. The lowest BCUT2D eigenvalue weighted by atomic mass is 9.65. The van der Waals surface area contributed by atoms with E-state index in [1.807, 2.05) is 0 Å². The van der Waals surface area contributed by atoms with Crippen molar-refractivity contribution in [1.29, 1.82) is 0 Å². The summed E-state index contributed by atoms with van der Waals surface area (Å²) in [5.74, 6) is 2.50. The number of allylic oxidation sites excluding steroid dienone is 1. The van der Waals surface area contributed by atoms with Crippen LogP contribution in [-0.2, 0) is 0 Å². The monoisotopic (exact) mass is 348 g/mol. The Hall–Kier alpha value is -0.260. The van der Waals surface area contributed by atoms with Crippen LogP contribution in [0.4, 0.5) is 0 Å². The van der Waals surface area contributed by atoms with Gasteiger partial charge in [-0.05, 0) is 61.7 Å². The maximum atomic E-state index is 4.52. The smallest absolute Gasteiger partial charge is 0.0289 e. The predicted molar refractivity (Wildman–Crippen MR) is 115 cm³/mol. The molecule has 1 aliphatic rings. The van der Waals surface area contributed by atoms with E-state index >= 15 is 0 Å². The van der Waals surface area contributed by atoms with E-state index in [-0.39, 0.29) is 0 Å². The maximum Gasteiger partial charge on any atom is -0.0289 e. The highest BCUT2D eigenvalue weighted by atomic mass is 14.4. The van der Waals surface area contributed by atoms with Crippen molar-refractivity contribution in [2.24, 2.45) is 23.2 Å². The molecule has 0 amide bonds. The largest absolute Gasteiger partial charge is 0.0999 e. The van der Waals surface area contributed by atoms with E-state index in [4.69, 9.17) is 0 Å². The zero-order valence-corrected chi connectivity index (χ0v) is 18.3. The Morgan fingerprint density at radius 1 is 0.920 bits per heavy atom. The van der Waals surface area contributed by atoms with E-state index in [9.17, 15) is 0 Å². The van der Waals surface area contributed by atoms with Crippen molar-refractivity contribution in [2.75, 3.05) is 0 Å². The SMILES string of the molecule is C=C(CCC(C)C(C)C)CC(CCCCC)C1(C)CCCCCCC1. The molecule has 0 aliphatic heterocycles. The molecule has 0 nitrogen and oxygen atoms in total. The lowest BCUT2D eigenvalue weighted by molar-refractivity contribution is 0.122. The third-order valence-corrected chi connectivity index (χ3v) is 7.26. The van der Waals surface area contributed by atoms with E-state index in [0.717, 1.165) is 17.8 Å². The highest BCUT2D eigenvalue weighted by Crippen LogP contribution is 2.45. The zero-order valence-electron chi connectivity index (χ0n) is 18.3. The van der Waals surface area contributed by atoms with Crippen molar-refractivity contribution in [2.45, 2.75) is 125 Å². The van der Waals surface area contributed by atoms with Crippen molar-refractivity contribution < 1.29 is 0 Å².